The van der Waals surface area contributed by atoms with E-state index in [1.54, 1.807) is 5.38 Å². The zero-order valence-electron chi connectivity index (χ0n) is 18.2. The van der Waals surface area contributed by atoms with Gasteiger partial charge in [-0.05, 0) is 56.5 Å². The summed E-state index contributed by atoms with van der Waals surface area (Å²) >= 11 is 2.48. The Morgan fingerprint density at radius 2 is 1.85 bits per heavy atom. The lowest BCUT2D eigenvalue weighted by atomic mass is 9.97. The number of nitrogens with zero attached hydrogens (tertiary/aromatic N) is 4. The summed E-state index contributed by atoms with van der Waals surface area (Å²) < 4.78 is 3.61. The molecule has 0 saturated carbocycles. The molecule has 0 bridgehead atoms. The Labute approximate surface area is 200 Å². The molecule has 10 nitrogen and oxygen atoms in total. The molecule has 0 spiro atoms. The summed E-state index contributed by atoms with van der Waals surface area (Å²) in [7, 11) is 0. The number of rotatable bonds is 6. The first-order valence-corrected chi connectivity index (χ1v) is 12.9. The first-order chi connectivity index (χ1) is 16.1. The van der Waals surface area contributed by atoms with E-state index in [-0.39, 0.29) is 23.3 Å². The fraction of sp³-hybridized carbons (Fsp3) is 0.524. The summed E-state index contributed by atoms with van der Waals surface area (Å²) in [6, 6.07) is -0.00452. The van der Waals surface area contributed by atoms with Crippen LogP contribution in [-0.2, 0) is 0 Å². The van der Waals surface area contributed by atoms with Crippen LogP contribution < -0.4 is 16.2 Å². The van der Waals surface area contributed by atoms with Crippen molar-refractivity contribution in [3.05, 3.63) is 38.8 Å². The SMILES string of the molecule is O=C(NNC(=O)c1csc(C2CCN(C(=O)NCCC3=CCCCC3)CC2)n1)c1csnn1. The van der Waals surface area contributed by atoms with Gasteiger partial charge < -0.3 is 10.2 Å². The molecule has 3 N–H and O–H groups in total. The van der Waals surface area contributed by atoms with Crippen molar-refractivity contribution >= 4 is 40.7 Å². The number of hydrogen-bond acceptors (Lipinski definition) is 8. The molecule has 176 valence electrons. The monoisotopic (exact) mass is 489 g/mol. The van der Waals surface area contributed by atoms with Crippen molar-refractivity contribution in [2.45, 2.75) is 50.9 Å². The molecule has 3 heterocycles. The number of piperidine rings is 1. The molecule has 0 atom stereocenters. The number of amides is 4. The molecular formula is C21H27N7O3S2. The number of nitrogens with one attached hydrogen (secondary N) is 3. The van der Waals surface area contributed by atoms with Crippen LogP contribution in [0.1, 0.15) is 76.8 Å². The maximum absolute atomic E-state index is 12.5. The number of thiazole rings is 1. The van der Waals surface area contributed by atoms with Crippen LogP contribution in [0.3, 0.4) is 0 Å². The molecule has 1 saturated heterocycles. The predicted molar refractivity (Wildman–Crippen MR) is 125 cm³/mol. The molecule has 0 unspecified atom stereocenters. The maximum Gasteiger partial charge on any atom is 0.317 e. The van der Waals surface area contributed by atoms with E-state index in [9.17, 15) is 14.4 Å². The van der Waals surface area contributed by atoms with Gasteiger partial charge in [0.1, 0.15) is 5.69 Å². The second-order valence-corrected chi connectivity index (χ2v) is 9.62. The standard InChI is InChI=1S/C21H27N7O3S2/c29-18(25-26-19(30)17-13-33-27-24-17)16-12-32-20(23-16)15-7-10-28(11-8-15)21(31)22-9-6-14-4-2-1-3-5-14/h4,12-13,15H,1-3,5-11H2,(H,22,31)(H,25,29)(H,26,30). The minimum absolute atomic E-state index is 0.00452. The Hall–Kier alpha value is -2.86. The van der Waals surface area contributed by atoms with Crippen molar-refractivity contribution in [3.8, 4) is 0 Å². The lowest BCUT2D eigenvalue weighted by Gasteiger charge is -2.31. The zero-order valence-corrected chi connectivity index (χ0v) is 19.8. The van der Waals surface area contributed by atoms with Crippen LogP contribution in [0.2, 0.25) is 0 Å². The Kier molecular flexibility index (Phi) is 8.00. The molecule has 1 fully saturated rings. The number of hydrogen-bond donors (Lipinski definition) is 3. The molecule has 1 aliphatic carbocycles. The Morgan fingerprint density at radius 1 is 1.06 bits per heavy atom. The van der Waals surface area contributed by atoms with E-state index < -0.39 is 11.8 Å². The zero-order chi connectivity index (χ0) is 23.0. The topological polar surface area (TPSA) is 129 Å². The molecule has 2 aromatic heterocycles. The third-order valence-electron chi connectivity index (χ3n) is 5.88. The third kappa shape index (κ3) is 6.35. The Morgan fingerprint density at radius 3 is 2.55 bits per heavy atom. The maximum atomic E-state index is 12.5. The summed E-state index contributed by atoms with van der Waals surface area (Å²) in [5.41, 5.74) is 6.50. The fourth-order valence-electron chi connectivity index (χ4n) is 3.99. The van der Waals surface area contributed by atoms with Crippen LogP contribution in [-0.4, -0.2) is 57.0 Å². The minimum atomic E-state index is -0.534. The second kappa shape index (κ2) is 11.3. The van der Waals surface area contributed by atoms with E-state index in [1.165, 1.54) is 35.1 Å². The van der Waals surface area contributed by atoms with E-state index in [1.807, 2.05) is 4.90 Å². The van der Waals surface area contributed by atoms with Gasteiger partial charge in [0.2, 0.25) is 0 Å². The number of hydrazine groups is 1. The van der Waals surface area contributed by atoms with E-state index in [4.69, 9.17) is 0 Å². The van der Waals surface area contributed by atoms with Gasteiger partial charge in [-0.2, -0.15) is 0 Å². The lowest BCUT2D eigenvalue weighted by molar-refractivity contribution is 0.0841. The van der Waals surface area contributed by atoms with Crippen LogP contribution in [0, 0.1) is 0 Å². The highest BCUT2D eigenvalue weighted by molar-refractivity contribution is 7.09. The van der Waals surface area contributed by atoms with Crippen molar-refractivity contribution in [2.75, 3.05) is 19.6 Å². The van der Waals surface area contributed by atoms with Crippen molar-refractivity contribution in [1.82, 2.24) is 35.6 Å². The molecule has 2 aromatic rings. The highest BCUT2D eigenvalue weighted by Gasteiger charge is 2.26. The van der Waals surface area contributed by atoms with Crippen LogP contribution in [0.5, 0.6) is 0 Å². The van der Waals surface area contributed by atoms with Gasteiger partial charge >= 0.3 is 6.03 Å². The van der Waals surface area contributed by atoms with Crippen LogP contribution in [0.4, 0.5) is 4.79 Å². The number of carbonyl (C=O) groups is 3. The molecule has 2 aliphatic rings. The average molecular weight is 490 g/mol. The molecule has 12 heteroatoms. The average Bonchev–Trinajstić information content (AvgIpc) is 3.56. The molecular weight excluding hydrogens is 462 g/mol. The number of urea groups is 1. The fourth-order valence-corrected chi connectivity index (χ4v) is 5.40. The number of likely N-dealkylation sites (tertiary alicyclic amines) is 1. The highest BCUT2D eigenvalue weighted by Crippen LogP contribution is 2.30. The van der Waals surface area contributed by atoms with E-state index in [0.717, 1.165) is 48.6 Å². The number of allylic oxidation sites excluding steroid dienone is 1. The van der Waals surface area contributed by atoms with Gasteiger partial charge in [-0.1, -0.05) is 16.1 Å². The van der Waals surface area contributed by atoms with Crippen LogP contribution in [0.25, 0.3) is 0 Å². The Balaban J connectivity index is 1.19. The normalized spacial score (nSPS) is 16.7. The minimum Gasteiger partial charge on any atom is -0.338 e. The predicted octanol–water partition coefficient (Wildman–Crippen LogP) is 2.85. The summed E-state index contributed by atoms with van der Waals surface area (Å²) in [5.74, 6) is -0.809. The van der Waals surface area contributed by atoms with Gasteiger partial charge in [0, 0.05) is 36.3 Å². The summed E-state index contributed by atoms with van der Waals surface area (Å²) in [4.78, 5) is 42.9. The lowest BCUT2D eigenvalue weighted by Crippen LogP contribution is -2.44. The first kappa shape index (κ1) is 23.3. The van der Waals surface area contributed by atoms with Crippen LogP contribution >= 0.6 is 22.9 Å². The van der Waals surface area contributed by atoms with Crippen molar-refractivity contribution in [2.24, 2.45) is 0 Å². The first-order valence-electron chi connectivity index (χ1n) is 11.1. The van der Waals surface area contributed by atoms with Gasteiger partial charge in [-0.25, -0.2) is 9.78 Å². The van der Waals surface area contributed by atoms with Gasteiger partial charge in [-0.15, -0.1) is 16.4 Å². The largest absolute Gasteiger partial charge is 0.338 e. The van der Waals surface area contributed by atoms with Gasteiger partial charge in [-0.3, -0.25) is 20.4 Å². The highest BCUT2D eigenvalue weighted by atomic mass is 32.1. The van der Waals surface area contributed by atoms with E-state index in [2.05, 4.69) is 36.8 Å². The van der Waals surface area contributed by atoms with Crippen molar-refractivity contribution < 1.29 is 14.4 Å². The molecule has 33 heavy (non-hydrogen) atoms. The summed E-state index contributed by atoms with van der Waals surface area (Å²) in [6.07, 6.45) is 9.72. The third-order valence-corrected chi connectivity index (χ3v) is 7.39. The van der Waals surface area contributed by atoms with Crippen molar-refractivity contribution in [1.29, 1.82) is 0 Å². The van der Waals surface area contributed by atoms with Gasteiger partial charge in [0.15, 0.2) is 5.69 Å². The number of aromatic nitrogens is 3. The number of carbonyl (C=O) groups excluding carboxylic acids is 3. The summed E-state index contributed by atoms with van der Waals surface area (Å²) in [6.45, 7) is 2.02. The van der Waals surface area contributed by atoms with Crippen molar-refractivity contribution in [3.63, 3.8) is 0 Å². The molecule has 4 rings (SSSR count). The molecule has 0 radical (unpaired) electrons. The quantitative estimate of drug-likeness (QED) is 0.423. The van der Waals surface area contributed by atoms with Gasteiger partial charge in [0.05, 0.1) is 5.01 Å². The van der Waals surface area contributed by atoms with E-state index >= 15 is 0 Å². The molecule has 4 amide bonds. The van der Waals surface area contributed by atoms with Gasteiger partial charge in [0.25, 0.3) is 11.8 Å². The smallest absolute Gasteiger partial charge is 0.317 e. The molecule has 0 aromatic carbocycles. The van der Waals surface area contributed by atoms with Crippen LogP contribution in [0.15, 0.2) is 22.4 Å². The second-order valence-electron chi connectivity index (χ2n) is 8.12. The Bertz CT molecular complexity index is 997. The molecule has 1 aliphatic heterocycles. The van der Waals surface area contributed by atoms with E-state index in [0.29, 0.717) is 19.6 Å². The summed E-state index contributed by atoms with van der Waals surface area (Å²) in [5, 5.41) is 10.7.